The molecule has 0 saturated heterocycles. The average Bonchev–Trinajstić information content (AvgIpc) is 3.02. The molecule has 1 unspecified atom stereocenters. The van der Waals surface area contributed by atoms with Crippen molar-refractivity contribution in [3.63, 3.8) is 0 Å². The van der Waals surface area contributed by atoms with Crippen molar-refractivity contribution in [2.45, 2.75) is 39.8 Å². The van der Waals surface area contributed by atoms with Gasteiger partial charge in [-0.25, -0.2) is 0 Å². The number of carbonyl (C=O) groups is 1. The second-order valence-corrected chi connectivity index (χ2v) is 6.37. The van der Waals surface area contributed by atoms with Crippen molar-refractivity contribution >= 4 is 17.2 Å². The van der Waals surface area contributed by atoms with Gasteiger partial charge in [-0.1, -0.05) is 6.07 Å². The summed E-state index contributed by atoms with van der Waals surface area (Å²) in [4.78, 5) is 13.6. The second-order valence-electron chi connectivity index (χ2n) is 5.34. The predicted molar refractivity (Wildman–Crippen MR) is 86.0 cm³/mol. The topological polar surface area (TPSA) is 54.3 Å². The quantitative estimate of drug-likeness (QED) is 0.862. The monoisotopic (exact) mass is 306 g/mol. The summed E-state index contributed by atoms with van der Waals surface area (Å²) in [6.45, 7) is 6.79. The lowest BCUT2D eigenvalue weighted by molar-refractivity contribution is 0.0933. The number of aromatic nitrogens is 1. The van der Waals surface area contributed by atoms with Crippen molar-refractivity contribution in [1.29, 1.82) is 0 Å². The minimum Gasteiger partial charge on any atom is -0.396 e. The summed E-state index contributed by atoms with van der Waals surface area (Å²) >= 11 is 1.72. The molecule has 1 atom stereocenters. The minimum absolute atomic E-state index is 0.0251. The molecule has 0 spiro atoms. The highest BCUT2D eigenvalue weighted by Gasteiger charge is 2.17. The molecular formula is C16H22N2O2S. The number of nitrogens with zero attached hydrogens (tertiary/aromatic N) is 1. The summed E-state index contributed by atoms with van der Waals surface area (Å²) in [6, 6.07) is 6.05. The number of hydrogen-bond donors (Lipinski definition) is 2. The van der Waals surface area contributed by atoms with Crippen LogP contribution in [0.25, 0.3) is 0 Å². The zero-order chi connectivity index (χ0) is 15.4. The van der Waals surface area contributed by atoms with Gasteiger partial charge in [0.25, 0.3) is 5.91 Å². The normalized spacial score (nSPS) is 12.4. The highest BCUT2D eigenvalue weighted by Crippen LogP contribution is 2.19. The van der Waals surface area contributed by atoms with E-state index >= 15 is 0 Å². The van der Waals surface area contributed by atoms with E-state index in [9.17, 15) is 4.79 Å². The van der Waals surface area contributed by atoms with E-state index in [1.807, 2.05) is 32.9 Å². The van der Waals surface area contributed by atoms with Gasteiger partial charge in [0, 0.05) is 28.9 Å². The number of rotatable bonds is 6. The summed E-state index contributed by atoms with van der Waals surface area (Å²) in [5.41, 5.74) is 2.78. The van der Waals surface area contributed by atoms with E-state index in [1.165, 1.54) is 4.88 Å². The van der Waals surface area contributed by atoms with Crippen LogP contribution in [0.4, 0.5) is 0 Å². The summed E-state index contributed by atoms with van der Waals surface area (Å²) < 4.78 is 2.16. The van der Waals surface area contributed by atoms with Gasteiger partial charge in [0.05, 0.1) is 12.1 Å². The molecule has 114 valence electrons. The number of aliphatic hydroxyl groups excluding tert-OH is 1. The molecule has 0 fully saturated rings. The highest BCUT2D eigenvalue weighted by molar-refractivity contribution is 7.09. The van der Waals surface area contributed by atoms with Gasteiger partial charge in [0.15, 0.2) is 0 Å². The molecule has 2 aromatic heterocycles. The van der Waals surface area contributed by atoms with E-state index in [0.717, 1.165) is 17.9 Å². The summed E-state index contributed by atoms with van der Waals surface area (Å²) in [7, 11) is 0. The molecule has 1 amide bonds. The van der Waals surface area contributed by atoms with E-state index in [0.29, 0.717) is 12.0 Å². The van der Waals surface area contributed by atoms with Crippen molar-refractivity contribution in [2.75, 3.05) is 6.61 Å². The van der Waals surface area contributed by atoms with E-state index < -0.39 is 0 Å². The van der Waals surface area contributed by atoms with Gasteiger partial charge < -0.3 is 15.0 Å². The summed E-state index contributed by atoms with van der Waals surface area (Å²) in [6.07, 6.45) is 0.569. The zero-order valence-corrected chi connectivity index (χ0v) is 13.5. The van der Waals surface area contributed by atoms with Gasteiger partial charge >= 0.3 is 0 Å². The number of amides is 1. The van der Waals surface area contributed by atoms with Gasteiger partial charge in [-0.3, -0.25) is 4.79 Å². The molecule has 0 aliphatic rings. The first kappa shape index (κ1) is 15.8. The van der Waals surface area contributed by atoms with Crippen LogP contribution in [0.15, 0.2) is 23.6 Å². The van der Waals surface area contributed by atoms with Gasteiger partial charge in [0.1, 0.15) is 0 Å². The fourth-order valence-corrected chi connectivity index (χ4v) is 3.09. The molecule has 0 bridgehead atoms. The number of nitrogens with one attached hydrogen (secondary N) is 1. The minimum atomic E-state index is -0.0681. The molecule has 0 aromatic carbocycles. The fourth-order valence-electron chi connectivity index (χ4n) is 2.40. The Morgan fingerprint density at radius 3 is 2.86 bits per heavy atom. The largest absolute Gasteiger partial charge is 0.396 e. The Morgan fingerprint density at radius 1 is 1.48 bits per heavy atom. The Hall–Kier alpha value is -1.59. The molecule has 5 heteroatoms. The first-order valence-electron chi connectivity index (χ1n) is 7.13. The molecule has 0 radical (unpaired) electrons. The van der Waals surface area contributed by atoms with Crippen LogP contribution in [-0.2, 0) is 6.54 Å². The molecule has 4 nitrogen and oxygen atoms in total. The van der Waals surface area contributed by atoms with Crippen molar-refractivity contribution in [1.82, 2.24) is 9.88 Å². The molecule has 2 rings (SSSR count). The van der Waals surface area contributed by atoms with Crippen LogP contribution >= 0.6 is 11.3 Å². The lowest BCUT2D eigenvalue weighted by Gasteiger charge is -2.13. The number of aliphatic hydroxyl groups is 1. The lowest BCUT2D eigenvalue weighted by Crippen LogP contribution is -2.33. The second kappa shape index (κ2) is 6.91. The van der Waals surface area contributed by atoms with Crippen LogP contribution in [0, 0.1) is 13.8 Å². The average molecular weight is 306 g/mol. The standard InChI is InChI=1S/C16H22N2O2S/c1-11(6-7-19)17-16(20)15-9-12(2)18(13(15)3)10-14-5-4-8-21-14/h4-5,8-9,11,19H,6-7,10H2,1-3H3,(H,17,20). The van der Waals surface area contributed by atoms with Crippen LogP contribution in [0.3, 0.4) is 0 Å². The van der Waals surface area contributed by atoms with Crippen LogP contribution < -0.4 is 5.32 Å². The maximum atomic E-state index is 12.3. The summed E-state index contributed by atoms with van der Waals surface area (Å²) in [5.74, 6) is -0.0681. The molecule has 0 aliphatic heterocycles. The Bertz CT molecular complexity index is 602. The first-order chi connectivity index (χ1) is 10.0. The van der Waals surface area contributed by atoms with E-state index in [-0.39, 0.29) is 18.6 Å². The predicted octanol–water partition coefficient (Wildman–Crippen LogP) is 2.72. The first-order valence-corrected chi connectivity index (χ1v) is 8.01. The fraction of sp³-hybridized carbons (Fsp3) is 0.438. The number of carbonyl (C=O) groups excluding carboxylic acids is 1. The van der Waals surface area contributed by atoms with Gasteiger partial charge in [-0.15, -0.1) is 11.3 Å². The van der Waals surface area contributed by atoms with E-state index in [1.54, 1.807) is 11.3 Å². The van der Waals surface area contributed by atoms with Crippen molar-refractivity contribution < 1.29 is 9.90 Å². The number of hydrogen-bond acceptors (Lipinski definition) is 3. The molecule has 0 aliphatic carbocycles. The van der Waals surface area contributed by atoms with E-state index in [2.05, 4.69) is 21.3 Å². The van der Waals surface area contributed by atoms with Crippen LogP contribution in [-0.4, -0.2) is 28.2 Å². The van der Waals surface area contributed by atoms with Crippen molar-refractivity contribution in [2.24, 2.45) is 0 Å². The van der Waals surface area contributed by atoms with Gasteiger partial charge in [0.2, 0.25) is 0 Å². The Morgan fingerprint density at radius 2 is 2.24 bits per heavy atom. The zero-order valence-electron chi connectivity index (χ0n) is 12.7. The van der Waals surface area contributed by atoms with Crippen molar-refractivity contribution in [3.05, 3.63) is 45.4 Å². The Labute approximate surface area is 129 Å². The smallest absolute Gasteiger partial charge is 0.253 e. The third kappa shape index (κ3) is 3.74. The van der Waals surface area contributed by atoms with Crippen LogP contribution in [0.2, 0.25) is 0 Å². The van der Waals surface area contributed by atoms with Crippen LogP contribution in [0.5, 0.6) is 0 Å². The molecule has 2 N–H and O–H groups in total. The van der Waals surface area contributed by atoms with Crippen molar-refractivity contribution in [3.8, 4) is 0 Å². The molecule has 2 heterocycles. The maximum Gasteiger partial charge on any atom is 0.253 e. The Kier molecular flexibility index (Phi) is 5.20. The third-order valence-electron chi connectivity index (χ3n) is 3.65. The molecule has 21 heavy (non-hydrogen) atoms. The van der Waals surface area contributed by atoms with Gasteiger partial charge in [-0.05, 0) is 44.7 Å². The molecule has 0 saturated carbocycles. The molecule has 2 aromatic rings. The maximum absolute atomic E-state index is 12.3. The van der Waals surface area contributed by atoms with E-state index in [4.69, 9.17) is 5.11 Å². The lowest BCUT2D eigenvalue weighted by atomic mass is 10.2. The Balaban J connectivity index is 2.16. The molecular weight excluding hydrogens is 284 g/mol. The SMILES string of the molecule is Cc1cc(C(=O)NC(C)CCO)c(C)n1Cc1cccs1. The van der Waals surface area contributed by atoms with Gasteiger partial charge in [-0.2, -0.15) is 0 Å². The number of thiophene rings is 1. The third-order valence-corrected chi connectivity index (χ3v) is 4.51. The summed E-state index contributed by atoms with van der Waals surface area (Å²) in [5, 5.41) is 13.9. The highest BCUT2D eigenvalue weighted by atomic mass is 32.1. The van der Waals surface area contributed by atoms with Crippen LogP contribution in [0.1, 0.15) is 40.0 Å². The number of aryl methyl sites for hydroxylation is 1.